The van der Waals surface area contributed by atoms with E-state index in [0.29, 0.717) is 18.8 Å². The molecule has 2 aliphatic rings. The van der Waals surface area contributed by atoms with Gasteiger partial charge in [-0.3, -0.25) is 19.8 Å². The number of piperidine rings is 1. The van der Waals surface area contributed by atoms with E-state index in [1.807, 2.05) is 13.0 Å². The number of rotatable bonds is 1. The lowest BCUT2D eigenvalue weighted by molar-refractivity contribution is -0.134. The van der Waals surface area contributed by atoms with Gasteiger partial charge in [0, 0.05) is 19.2 Å². The molecule has 0 aliphatic carbocycles. The molecule has 0 spiro atoms. The predicted octanol–water partition coefficient (Wildman–Crippen LogP) is 0.657. The van der Waals surface area contributed by atoms with Crippen LogP contribution in [0.5, 0.6) is 0 Å². The van der Waals surface area contributed by atoms with E-state index in [-0.39, 0.29) is 18.4 Å². The molecule has 0 aromatic carbocycles. The first-order valence-corrected chi connectivity index (χ1v) is 7.42. The van der Waals surface area contributed by atoms with Gasteiger partial charge in [0.1, 0.15) is 11.9 Å². The van der Waals surface area contributed by atoms with E-state index in [9.17, 15) is 14.4 Å². The van der Waals surface area contributed by atoms with E-state index >= 15 is 0 Å². The van der Waals surface area contributed by atoms with Gasteiger partial charge in [-0.1, -0.05) is 0 Å². The molecule has 1 saturated heterocycles. The molecule has 1 fully saturated rings. The van der Waals surface area contributed by atoms with E-state index in [0.717, 1.165) is 24.0 Å². The minimum atomic E-state index is -0.666. The van der Waals surface area contributed by atoms with Crippen LogP contribution in [-0.2, 0) is 16.0 Å². The molecule has 1 unspecified atom stereocenters. The third kappa shape index (κ3) is 2.66. The number of aromatic nitrogens is 1. The zero-order chi connectivity index (χ0) is 15.7. The second kappa shape index (κ2) is 5.75. The van der Waals surface area contributed by atoms with Crippen LogP contribution >= 0.6 is 0 Å². The van der Waals surface area contributed by atoms with Crippen molar-refractivity contribution in [3.8, 4) is 0 Å². The van der Waals surface area contributed by atoms with Crippen LogP contribution in [-0.4, -0.2) is 35.4 Å². The molecular weight excluding hydrogens is 284 g/mol. The molecule has 1 aromatic heterocycles. The first kappa shape index (κ1) is 14.5. The van der Waals surface area contributed by atoms with Crippen molar-refractivity contribution in [2.24, 2.45) is 0 Å². The highest BCUT2D eigenvalue weighted by molar-refractivity contribution is 6.03. The zero-order valence-electron chi connectivity index (χ0n) is 12.4. The fraction of sp³-hybridized carbons (Fsp3) is 0.467. The number of imide groups is 1. The summed E-state index contributed by atoms with van der Waals surface area (Å²) in [6.45, 7) is 2.57. The normalized spacial score (nSPS) is 21.1. The topological polar surface area (TPSA) is 91.4 Å². The molecule has 3 rings (SSSR count). The van der Waals surface area contributed by atoms with Crippen LogP contribution in [0.4, 0.5) is 10.6 Å². The summed E-state index contributed by atoms with van der Waals surface area (Å²) in [6.07, 6.45) is 4.02. The van der Waals surface area contributed by atoms with Crippen molar-refractivity contribution in [3.63, 3.8) is 0 Å². The number of anilines is 1. The van der Waals surface area contributed by atoms with Crippen LogP contribution in [0.15, 0.2) is 12.3 Å². The Bertz CT molecular complexity index is 644. The van der Waals surface area contributed by atoms with Crippen molar-refractivity contribution >= 4 is 23.7 Å². The van der Waals surface area contributed by atoms with E-state index in [2.05, 4.69) is 15.6 Å². The third-order valence-corrected chi connectivity index (χ3v) is 4.11. The predicted molar refractivity (Wildman–Crippen MR) is 79.3 cm³/mol. The summed E-state index contributed by atoms with van der Waals surface area (Å²) in [5.41, 5.74) is 2.19. The summed E-state index contributed by atoms with van der Waals surface area (Å²) >= 11 is 0. The Kier molecular flexibility index (Phi) is 3.79. The van der Waals surface area contributed by atoms with Gasteiger partial charge in [-0.2, -0.15) is 0 Å². The number of hydrogen-bond donors (Lipinski definition) is 2. The molecule has 2 aliphatic heterocycles. The largest absolute Gasteiger partial charge is 0.326 e. The molecule has 7 nitrogen and oxygen atoms in total. The molecular formula is C15H18N4O3. The monoisotopic (exact) mass is 302 g/mol. The first-order valence-electron chi connectivity index (χ1n) is 7.42. The van der Waals surface area contributed by atoms with Crippen molar-refractivity contribution in [2.45, 2.75) is 38.6 Å². The highest BCUT2D eigenvalue weighted by Gasteiger charge is 2.31. The lowest BCUT2D eigenvalue weighted by atomic mass is 10.0. The summed E-state index contributed by atoms with van der Waals surface area (Å²) in [4.78, 5) is 41.3. The first-order chi connectivity index (χ1) is 10.6. The molecule has 4 amide bonds. The smallest absolute Gasteiger partial charge is 0.323 e. The van der Waals surface area contributed by atoms with Gasteiger partial charge in [-0.15, -0.1) is 0 Å². The van der Waals surface area contributed by atoms with Gasteiger partial charge in [0.25, 0.3) is 0 Å². The third-order valence-electron chi connectivity index (χ3n) is 4.11. The number of carbonyl (C=O) groups excluding carboxylic acids is 3. The molecule has 7 heteroatoms. The number of fused-ring (bicyclic) bond motifs is 1. The number of urea groups is 1. The van der Waals surface area contributed by atoms with E-state index in [1.54, 1.807) is 11.1 Å². The van der Waals surface area contributed by atoms with Gasteiger partial charge in [0.15, 0.2) is 0 Å². The standard InChI is InChI=1S/C15H18N4O3/c1-9-6-7-16-13-10(9)3-2-8-19(13)15(22)17-11-4-5-12(20)18-14(11)21/h6-7,11H,2-5,8H2,1H3,(H,17,22)(H,18,20,21). The van der Waals surface area contributed by atoms with Crippen LogP contribution < -0.4 is 15.5 Å². The fourth-order valence-corrected chi connectivity index (χ4v) is 2.89. The highest BCUT2D eigenvalue weighted by Crippen LogP contribution is 2.27. The van der Waals surface area contributed by atoms with Crippen molar-refractivity contribution in [1.82, 2.24) is 15.6 Å². The quantitative estimate of drug-likeness (QED) is 0.745. The summed E-state index contributed by atoms with van der Waals surface area (Å²) < 4.78 is 0. The molecule has 116 valence electrons. The van der Waals surface area contributed by atoms with Gasteiger partial charge in [-0.05, 0) is 43.4 Å². The van der Waals surface area contributed by atoms with Gasteiger partial charge >= 0.3 is 6.03 Å². The fourth-order valence-electron chi connectivity index (χ4n) is 2.89. The summed E-state index contributed by atoms with van der Waals surface area (Å²) in [5.74, 6) is -0.0776. The molecule has 2 N–H and O–H groups in total. The van der Waals surface area contributed by atoms with Gasteiger partial charge in [-0.25, -0.2) is 9.78 Å². The summed E-state index contributed by atoms with van der Waals surface area (Å²) in [5, 5.41) is 4.94. The maximum absolute atomic E-state index is 12.5. The number of nitrogens with one attached hydrogen (secondary N) is 2. The Morgan fingerprint density at radius 2 is 2.23 bits per heavy atom. The minimum Gasteiger partial charge on any atom is -0.326 e. The van der Waals surface area contributed by atoms with Crippen LogP contribution in [0.3, 0.4) is 0 Å². The summed E-state index contributed by atoms with van der Waals surface area (Å²) in [7, 11) is 0. The van der Waals surface area contributed by atoms with E-state index in [4.69, 9.17) is 0 Å². The van der Waals surface area contributed by atoms with E-state index < -0.39 is 11.9 Å². The van der Waals surface area contributed by atoms with Crippen molar-refractivity contribution in [2.75, 3.05) is 11.4 Å². The van der Waals surface area contributed by atoms with Crippen LogP contribution in [0.1, 0.15) is 30.4 Å². The maximum atomic E-state index is 12.5. The number of amides is 4. The van der Waals surface area contributed by atoms with Crippen molar-refractivity contribution < 1.29 is 14.4 Å². The summed E-state index contributed by atoms with van der Waals surface area (Å²) in [6, 6.07) is 0.925. The molecule has 3 heterocycles. The van der Waals surface area contributed by atoms with Crippen LogP contribution in [0.2, 0.25) is 0 Å². The minimum absolute atomic E-state index is 0.241. The lowest BCUT2D eigenvalue weighted by Crippen LogP contribution is -2.55. The second-order valence-corrected chi connectivity index (χ2v) is 5.64. The number of carbonyl (C=O) groups is 3. The lowest BCUT2D eigenvalue weighted by Gasteiger charge is -2.31. The highest BCUT2D eigenvalue weighted by atomic mass is 16.2. The molecule has 0 bridgehead atoms. The maximum Gasteiger partial charge on any atom is 0.323 e. The van der Waals surface area contributed by atoms with Crippen LogP contribution in [0, 0.1) is 6.92 Å². The van der Waals surface area contributed by atoms with Gasteiger partial charge < -0.3 is 5.32 Å². The molecule has 22 heavy (non-hydrogen) atoms. The number of hydrogen-bond acceptors (Lipinski definition) is 4. The van der Waals surface area contributed by atoms with Crippen LogP contribution in [0.25, 0.3) is 0 Å². The number of nitrogens with zero attached hydrogens (tertiary/aromatic N) is 2. The van der Waals surface area contributed by atoms with Crippen molar-refractivity contribution in [1.29, 1.82) is 0 Å². The Labute approximate surface area is 128 Å². The van der Waals surface area contributed by atoms with Gasteiger partial charge in [0.05, 0.1) is 0 Å². The van der Waals surface area contributed by atoms with Crippen molar-refractivity contribution in [3.05, 3.63) is 23.4 Å². The van der Waals surface area contributed by atoms with E-state index in [1.165, 1.54) is 0 Å². The molecule has 1 aromatic rings. The molecule has 0 saturated carbocycles. The van der Waals surface area contributed by atoms with Gasteiger partial charge in [0.2, 0.25) is 11.8 Å². The molecule has 1 atom stereocenters. The molecule has 0 radical (unpaired) electrons. The second-order valence-electron chi connectivity index (χ2n) is 5.64. The Balaban J connectivity index is 1.75. The Morgan fingerprint density at radius 1 is 1.41 bits per heavy atom. The zero-order valence-corrected chi connectivity index (χ0v) is 12.4. The SMILES string of the molecule is Cc1ccnc2c1CCCN2C(=O)NC1CCC(=O)NC1=O. The Morgan fingerprint density at radius 3 is 3.00 bits per heavy atom. The Hall–Kier alpha value is -2.44. The number of pyridine rings is 1. The number of aryl methyl sites for hydroxylation is 1. The average molecular weight is 302 g/mol. The average Bonchev–Trinajstić information content (AvgIpc) is 2.50.